The van der Waals surface area contributed by atoms with Crippen LogP contribution < -0.4 is 69.0 Å². The molecule has 0 saturated carbocycles. The SMILES string of the molecule is Cc1cc(C(=O)[O-])ccc1-c1cccc(COc2ccc(CN(C)OC(=O)[N-]C=O)cc2)c1.[Na+].[Na+]. The van der Waals surface area contributed by atoms with Crippen LogP contribution in [0.1, 0.15) is 27.0 Å². The van der Waals surface area contributed by atoms with E-state index in [1.807, 2.05) is 55.5 Å². The first-order valence-corrected chi connectivity index (χ1v) is 10.1. The largest absolute Gasteiger partial charge is 1.00 e. The summed E-state index contributed by atoms with van der Waals surface area (Å²) in [6, 6.07) is 20.1. The van der Waals surface area contributed by atoms with E-state index in [9.17, 15) is 19.5 Å². The second-order valence-electron chi connectivity index (χ2n) is 7.33. The van der Waals surface area contributed by atoms with Gasteiger partial charge in [0.2, 0.25) is 0 Å². The van der Waals surface area contributed by atoms with Crippen molar-refractivity contribution in [2.24, 2.45) is 0 Å². The second-order valence-corrected chi connectivity index (χ2v) is 7.33. The van der Waals surface area contributed by atoms with Crippen molar-refractivity contribution >= 4 is 18.5 Å². The van der Waals surface area contributed by atoms with E-state index >= 15 is 0 Å². The zero-order chi connectivity index (χ0) is 23.8. The number of aryl methyl sites for hydroxylation is 1. The van der Waals surface area contributed by atoms with Crippen molar-refractivity contribution in [3.63, 3.8) is 0 Å². The van der Waals surface area contributed by atoms with E-state index in [0.717, 1.165) is 27.8 Å². The smallest absolute Gasteiger partial charge is 0.561 e. The van der Waals surface area contributed by atoms with Gasteiger partial charge in [0.1, 0.15) is 12.4 Å². The molecule has 3 aromatic carbocycles. The standard InChI is InChI=1S/C25H24N2O6.2Na/c1-17-12-21(24(29)30)8-11-23(17)20-5-3-4-19(13-20)15-32-22-9-6-18(7-10-22)14-27(2)33-25(31)26-16-28;;/h3-13,16H,14-15H2,1-2H3,(H2,26,28,29,30,31);;/q;2*+1/p-2. The topological polar surface area (TPSA) is 110 Å². The molecule has 10 heteroatoms. The summed E-state index contributed by atoms with van der Waals surface area (Å²) >= 11 is 0. The van der Waals surface area contributed by atoms with Gasteiger partial charge < -0.3 is 29.6 Å². The van der Waals surface area contributed by atoms with Gasteiger partial charge in [-0.2, -0.15) is 0 Å². The van der Waals surface area contributed by atoms with Crippen LogP contribution in [0.5, 0.6) is 5.75 Å². The Morgan fingerprint density at radius 1 is 1.00 bits per heavy atom. The van der Waals surface area contributed by atoms with Gasteiger partial charge in [-0.15, -0.1) is 5.06 Å². The predicted octanol–water partition coefficient (Wildman–Crippen LogP) is -2.37. The fourth-order valence-corrected chi connectivity index (χ4v) is 3.29. The maximum atomic E-state index is 11.2. The van der Waals surface area contributed by atoms with Gasteiger partial charge in [0.05, 0.1) is 12.5 Å². The molecule has 0 saturated heterocycles. The molecule has 170 valence electrons. The van der Waals surface area contributed by atoms with Crippen LogP contribution in [0.25, 0.3) is 16.4 Å². The molecule has 0 aliphatic rings. The Morgan fingerprint density at radius 2 is 1.71 bits per heavy atom. The van der Waals surface area contributed by atoms with Crippen LogP contribution in [0.15, 0.2) is 66.7 Å². The molecule has 0 heterocycles. The van der Waals surface area contributed by atoms with Gasteiger partial charge in [-0.3, -0.25) is 4.79 Å². The number of aromatic carboxylic acids is 1. The minimum absolute atomic E-state index is 0. The summed E-state index contributed by atoms with van der Waals surface area (Å²) in [6.07, 6.45) is -0.842. The number of nitrogens with zero attached hydrogens (tertiary/aromatic N) is 2. The molecule has 35 heavy (non-hydrogen) atoms. The second kappa shape index (κ2) is 15.1. The molecule has 0 aromatic heterocycles. The molecule has 0 atom stereocenters. The molecule has 8 nitrogen and oxygen atoms in total. The number of carbonyl (C=O) groups excluding carboxylic acids is 3. The third-order valence-corrected chi connectivity index (χ3v) is 4.83. The zero-order valence-electron chi connectivity index (χ0n) is 20.2. The zero-order valence-corrected chi connectivity index (χ0v) is 24.2. The van der Waals surface area contributed by atoms with Crippen molar-refractivity contribution in [3.05, 3.63) is 94.3 Å². The Hall–Kier alpha value is -2.17. The minimum atomic E-state index is -1.20. The summed E-state index contributed by atoms with van der Waals surface area (Å²) in [4.78, 5) is 37.2. The van der Waals surface area contributed by atoms with Crippen molar-refractivity contribution < 1.29 is 88.2 Å². The van der Waals surface area contributed by atoms with E-state index < -0.39 is 12.1 Å². The molecule has 3 rings (SSSR count). The number of hydrogen-bond donors (Lipinski definition) is 0. The normalized spacial score (nSPS) is 9.91. The first-order chi connectivity index (χ1) is 15.9. The molecule has 2 amide bonds. The average Bonchev–Trinajstić information content (AvgIpc) is 2.78. The van der Waals surface area contributed by atoms with E-state index in [4.69, 9.17) is 9.57 Å². The van der Waals surface area contributed by atoms with Crippen LogP contribution in [0, 0.1) is 6.92 Å². The number of carboxylic acid groups (broad SMARTS) is 1. The summed E-state index contributed by atoms with van der Waals surface area (Å²) < 4.78 is 5.88. The van der Waals surface area contributed by atoms with Crippen molar-refractivity contribution in [1.82, 2.24) is 5.06 Å². The molecule has 0 unspecified atom stereocenters. The van der Waals surface area contributed by atoms with Crippen molar-refractivity contribution in [3.8, 4) is 16.9 Å². The molecule has 0 aliphatic carbocycles. The first-order valence-electron chi connectivity index (χ1n) is 10.1. The molecule has 0 spiro atoms. The van der Waals surface area contributed by atoms with E-state index in [0.29, 0.717) is 18.9 Å². The molecule has 0 radical (unpaired) electrons. The number of benzene rings is 3. The Morgan fingerprint density at radius 3 is 2.34 bits per heavy atom. The summed E-state index contributed by atoms with van der Waals surface area (Å²) in [7, 11) is 1.56. The van der Waals surface area contributed by atoms with Gasteiger partial charge in [-0.1, -0.05) is 42.5 Å². The summed E-state index contributed by atoms with van der Waals surface area (Å²) in [5, 5.41) is 15.3. The fraction of sp³-hybridized carbons (Fsp3) is 0.160. The number of carboxylic acids is 1. The third-order valence-electron chi connectivity index (χ3n) is 4.83. The number of hydroxylamine groups is 2. The van der Waals surface area contributed by atoms with Crippen LogP contribution in [0.2, 0.25) is 0 Å². The van der Waals surface area contributed by atoms with Crippen LogP contribution in [0.4, 0.5) is 4.79 Å². The number of hydrogen-bond acceptors (Lipinski definition) is 7. The predicted molar refractivity (Wildman–Crippen MR) is 119 cm³/mol. The summed E-state index contributed by atoms with van der Waals surface area (Å²) in [5.41, 5.74) is 4.75. The van der Waals surface area contributed by atoms with Crippen LogP contribution >= 0.6 is 0 Å². The van der Waals surface area contributed by atoms with Crippen LogP contribution in [-0.4, -0.2) is 30.6 Å². The number of ether oxygens (including phenoxy) is 1. The first kappa shape index (κ1) is 30.9. The summed E-state index contributed by atoms with van der Waals surface area (Å²) in [6.45, 7) is 2.54. The molecule has 0 bridgehead atoms. The van der Waals surface area contributed by atoms with Gasteiger partial charge in [0, 0.05) is 13.5 Å². The Bertz CT molecular complexity index is 1150. The Balaban J connectivity index is 0.00000306. The Kier molecular flexibility index (Phi) is 13.3. The van der Waals surface area contributed by atoms with E-state index in [1.54, 1.807) is 19.2 Å². The summed E-state index contributed by atoms with van der Waals surface area (Å²) in [5.74, 6) is -0.520. The van der Waals surface area contributed by atoms with E-state index in [1.165, 1.54) is 11.1 Å². The van der Waals surface area contributed by atoms with E-state index in [2.05, 4.69) is 5.32 Å². The van der Waals surface area contributed by atoms with Crippen LogP contribution in [0.3, 0.4) is 0 Å². The van der Waals surface area contributed by atoms with Gasteiger partial charge in [0.25, 0.3) is 6.09 Å². The maximum absolute atomic E-state index is 11.2. The number of carbonyl (C=O) groups is 3. The third kappa shape index (κ3) is 9.42. The van der Waals surface area contributed by atoms with Crippen molar-refractivity contribution in [2.75, 3.05) is 7.05 Å². The minimum Gasteiger partial charge on any atom is -0.561 e. The monoisotopic (exact) mass is 492 g/mol. The molecule has 0 fully saturated rings. The van der Waals surface area contributed by atoms with Crippen LogP contribution in [-0.2, 0) is 22.8 Å². The quantitative estimate of drug-likeness (QED) is 0.187. The van der Waals surface area contributed by atoms with Gasteiger partial charge in [0.15, 0.2) is 0 Å². The maximum Gasteiger partial charge on any atom is 1.00 e. The van der Waals surface area contributed by atoms with Gasteiger partial charge in [-0.25, -0.2) is 0 Å². The molecular weight excluding hydrogens is 470 g/mol. The molecule has 0 N–H and O–H groups in total. The van der Waals surface area contributed by atoms with E-state index in [-0.39, 0.29) is 71.1 Å². The average molecular weight is 492 g/mol. The van der Waals surface area contributed by atoms with Gasteiger partial charge >= 0.3 is 59.1 Å². The van der Waals surface area contributed by atoms with Crippen molar-refractivity contribution in [2.45, 2.75) is 20.1 Å². The van der Waals surface area contributed by atoms with Gasteiger partial charge in [-0.05, 0) is 64.6 Å². The number of rotatable bonds is 9. The fourth-order valence-electron chi connectivity index (χ4n) is 3.29. The number of imide groups is 1. The molecular formula is C25H22N2Na2O6. The Labute approximate surface area is 248 Å². The molecule has 3 aromatic rings. The number of amides is 2. The van der Waals surface area contributed by atoms with Crippen molar-refractivity contribution in [1.29, 1.82) is 0 Å². The molecule has 0 aliphatic heterocycles.